The summed E-state index contributed by atoms with van der Waals surface area (Å²) in [7, 11) is 4.24. The van der Waals surface area contributed by atoms with Crippen LogP contribution in [0.2, 0.25) is 0 Å². The van der Waals surface area contributed by atoms with Crippen LogP contribution in [0.5, 0.6) is 0 Å². The fraction of sp³-hybridized carbons (Fsp3) is 0.500. The summed E-state index contributed by atoms with van der Waals surface area (Å²) in [5.41, 5.74) is 5.14. The Hall–Kier alpha value is -2.12. The Bertz CT molecular complexity index is 932. The molecule has 6 nitrogen and oxygen atoms in total. The minimum absolute atomic E-state index is 0.0771. The van der Waals surface area contributed by atoms with Gasteiger partial charge in [0.2, 0.25) is 5.91 Å². The summed E-state index contributed by atoms with van der Waals surface area (Å²) < 4.78 is 1.85. The molecule has 0 saturated heterocycles. The lowest BCUT2D eigenvalue weighted by Gasteiger charge is -2.15. The number of benzene rings is 1. The molecule has 2 N–H and O–H groups in total. The third kappa shape index (κ3) is 5.70. The minimum Gasteiger partial charge on any atom is -0.340 e. The lowest BCUT2D eigenvalue weighted by atomic mass is 10.1. The van der Waals surface area contributed by atoms with Gasteiger partial charge in [-0.25, -0.2) is 4.79 Å². The van der Waals surface area contributed by atoms with Crippen LogP contribution in [0, 0.1) is 13.8 Å². The van der Waals surface area contributed by atoms with Gasteiger partial charge in [0.15, 0.2) is 0 Å². The van der Waals surface area contributed by atoms with Crippen molar-refractivity contribution in [2.24, 2.45) is 0 Å². The standard InChI is InChI=1S/C22H30N4O2S/c1-15-11-16(2)13-17(12-15)23-20(27)14-29-21-18-7-5-8-19(18)26(22(28)24-21)10-6-9-25(3)4/h11-13H,5-10,14H2,1-4H3,(H,23,27)/p+1. The van der Waals surface area contributed by atoms with Gasteiger partial charge in [-0.05, 0) is 56.4 Å². The molecule has 7 heteroatoms. The van der Waals surface area contributed by atoms with Crippen molar-refractivity contribution in [1.29, 1.82) is 0 Å². The number of nitrogens with zero attached hydrogens (tertiary/aromatic N) is 2. The topological polar surface area (TPSA) is 68.4 Å². The second kappa shape index (κ2) is 9.59. The highest BCUT2D eigenvalue weighted by Gasteiger charge is 2.22. The Morgan fingerprint density at radius 3 is 2.62 bits per heavy atom. The van der Waals surface area contributed by atoms with Crippen molar-refractivity contribution in [3.05, 3.63) is 51.1 Å². The number of carbonyl (C=O) groups excluding carboxylic acids is 1. The molecule has 1 heterocycles. The van der Waals surface area contributed by atoms with Crippen molar-refractivity contribution in [3.63, 3.8) is 0 Å². The monoisotopic (exact) mass is 415 g/mol. The van der Waals surface area contributed by atoms with Gasteiger partial charge in [0, 0.05) is 29.9 Å². The van der Waals surface area contributed by atoms with Crippen LogP contribution in [0.15, 0.2) is 28.0 Å². The fourth-order valence-electron chi connectivity index (χ4n) is 3.90. The molecule has 0 fully saturated rings. The van der Waals surface area contributed by atoms with E-state index in [2.05, 4.69) is 30.5 Å². The normalized spacial score (nSPS) is 13.0. The molecule has 2 aromatic rings. The van der Waals surface area contributed by atoms with Gasteiger partial charge in [0.1, 0.15) is 5.03 Å². The van der Waals surface area contributed by atoms with Crippen molar-refractivity contribution in [1.82, 2.24) is 9.55 Å². The number of thioether (sulfide) groups is 1. The zero-order valence-corrected chi connectivity index (χ0v) is 18.6. The maximum atomic E-state index is 12.6. The first-order chi connectivity index (χ1) is 13.8. The Kier molecular flexibility index (Phi) is 7.14. The number of rotatable bonds is 8. The number of amides is 1. The molecule has 0 radical (unpaired) electrons. The van der Waals surface area contributed by atoms with Crippen molar-refractivity contribution < 1.29 is 9.69 Å². The molecule has 0 aliphatic heterocycles. The van der Waals surface area contributed by atoms with Gasteiger partial charge in [-0.15, -0.1) is 0 Å². The predicted molar refractivity (Wildman–Crippen MR) is 118 cm³/mol. The van der Waals surface area contributed by atoms with Gasteiger partial charge in [-0.2, -0.15) is 4.98 Å². The fourth-order valence-corrected chi connectivity index (χ4v) is 4.78. The summed E-state index contributed by atoms with van der Waals surface area (Å²) in [5, 5.41) is 3.68. The maximum Gasteiger partial charge on any atom is 0.348 e. The van der Waals surface area contributed by atoms with Gasteiger partial charge in [-0.3, -0.25) is 9.36 Å². The van der Waals surface area contributed by atoms with Crippen molar-refractivity contribution >= 4 is 23.4 Å². The molecular weight excluding hydrogens is 384 g/mol. The first-order valence-electron chi connectivity index (χ1n) is 10.3. The maximum absolute atomic E-state index is 12.6. The quantitative estimate of drug-likeness (QED) is 0.508. The van der Waals surface area contributed by atoms with Gasteiger partial charge in [-0.1, -0.05) is 17.8 Å². The van der Waals surface area contributed by atoms with E-state index in [1.165, 1.54) is 16.7 Å². The molecule has 1 aromatic heterocycles. The second-order valence-electron chi connectivity index (χ2n) is 8.15. The van der Waals surface area contributed by atoms with Crippen LogP contribution in [0.1, 0.15) is 35.2 Å². The van der Waals surface area contributed by atoms with E-state index in [1.807, 2.05) is 30.5 Å². The Morgan fingerprint density at radius 2 is 1.93 bits per heavy atom. The van der Waals surface area contributed by atoms with Gasteiger partial charge >= 0.3 is 5.69 Å². The molecule has 0 spiro atoms. The number of aryl methyl sites for hydroxylation is 2. The van der Waals surface area contributed by atoms with E-state index < -0.39 is 0 Å². The van der Waals surface area contributed by atoms with E-state index in [9.17, 15) is 9.59 Å². The number of nitrogens with one attached hydrogen (secondary N) is 2. The molecule has 0 bridgehead atoms. The van der Waals surface area contributed by atoms with E-state index in [-0.39, 0.29) is 17.3 Å². The molecule has 156 valence electrons. The first-order valence-corrected chi connectivity index (χ1v) is 11.2. The average molecular weight is 416 g/mol. The highest BCUT2D eigenvalue weighted by molar-refractivity contribution is 8.00. The summed E-state index contributed by atoms with van der Waals surface area (Å²) in [5.74, 6) is 0.173. The van der Waals surface area contributed by atoms with Gasteiger partial charge < -0.3 is 10.2 Å². The lowest BCUT2D eigenvalue weighted by Crippen LogP contribution is -3.05. The van der Waals surface area contributed by atoms with Crippen molar-refractivity contribution in [2.45, 2.75) is 51.1 Å². The van der Waals surface area contributed by atoms with E-state index in [1.54, 1.807) is 0 Å². The molecular formula is C22H31N4O2S+. The summed E-state index contributed by atoms with van der Waals surface area (Å²) >= 11 is 1.37. The molecule has 29 heavy (non-hydrogen) atoms. The third-order valence-electron chi connectivity index (χ3n) is 5.10. The zero-order chi connectivity index (χ0) is 21.0. The van der Waals surface area contributed by atoms with Crippen LogP contribution in [0.4, 0.5) is 5.69 Å². The van der Waals surface area contributed by atoms with Gasteiger partial charge in [0.05, 0.1) is 26.4 Å². The summed E-state index contributed by atoms with van der Waals surface area (Å²) in [6.45, 7) is 5.77. The average Bonchev–Trinajstić information content (AvgIpc) is 3.10. The summed E-state index contributed by atoms with van der Waals surface area (Å²) in [6.07, 6.45) is 3.86. The predicted octanol–water partition coefficient (Wildman–Crippen LogP) is 1.61. The van der Waals surface area contributed by atoms with E-state index in [0.717, 1.165) is 71.9 Å². The highest BCUT2D eigenvalue weighted by atomic mass is 32.2. The molecule has 1 amide bonds. The van der Waals surface area contributed by atoms with Crippen LogP contribution in [-0.2, 0) is 24.2 Å². The van der Waals surface area contributed by atoms with Crippen LogP contribution >= 0.6 is 11.8 Å². The number of quaternary nitrogens is 1. The van der Waals surface area contributed by atoms with Crippen LogP contribution < -0.4 is 15.9 Å². The molecule has 0 atom stereocenters. The first kappa shape index (κ1) is 21.6. The van der Waals surface area contributed by atoms with Gasteiger partial charge in [0.25, 0.3) is 0 Å². The number of hydrogen-bond acceptors (Lipinski definition) is 4. The highest BCUT2D eigenvalue weighted by Crippen LogP contribution is 2.29. The van der Waals surface area contributed by atoms with E-state index in [4.69, 9.17) is 0 Å². The molecule has 1 aliphatic carbocycles. The number of carbonyl (C=O) groups is 1. The number of anilines is 1. The van der Waals surface area contributed by atoms with Crippen LogP contribution in [-0.4, -0.2) is 41.9 Å². The smallest absolute Gasteiger partial charge is 0.340 e. The van der Waals surface area contributed by atoms with E-state index in [0.29, 0.717) is 0 Å². The Labute approximate surface area is 176 Å². The summed E-state index contributed by atoms with van der Waals surface area (Å²) in [4.78, 5) is 30.8. The zero-order valence-electron chi connectivity index (χ0n) is 17.8. The Morgan fingerprint density at radius 1 is 1.21 bits per heavy atom. The number of fused-ring (bicyclic) bond motifs is 1. The lowest BCUT2D eigenvalue weighted by molar-refractivity contribution is -0.858. The van der Waals surface area contributed by atoms with Crippen LogP contribution in [0.3, 0.4) is 0 Å². The molecule has 1 aliphatic rings. The molecule has 3 rings (SSSR count). The number of aromatic nitrogens is 2. The van der Waals surface area contributed by atoms with Crippen LogP contribution in [0.25, 0.3) is 0 Å². The molecule has 0 unspecified atom stereocenters. The minimum atomic E-state index is -0.184. The van der Waals surface area contributed by atoms with Crippen molar-refractivity contribution in [2.75, 3.05) is 31.7 Å². The SMILES string of the molecule is Cc1cc(C)cc(NC(=O)CSc2nc(=O)n(CCC[NH+](C)C)c3c2CCC3)c1. The third-order valence-corrected chi connectivity index (χ3v) is 6.12. The second-order valence-corrected chi connectivity index (χ2v) is 9.12. The molecule has 1 aromatic carbocycles. The molecule has 0 saturated carbocycles. The van der Waals surface area contributed by atoms with E-state index >= 15 is 0 Å². The largest absolute Gasteiger partial charge is 0.348 e. The number of hydrogen-bond donors (Lipinski definition) is 2. The van der Waals surface area contributed by atoms with Crippen molar-refractivity contribution in [3.8, 4) is 0 Å². The Balaban J connectivity index is 1.68. The summed E-state index contributed by atoms with van der Waals surface area (Å²) in [6, 6.07) is 6.00.